The molecular weight excluding hydrogens is 240 g/mol. The van der Waals surface area contributed by atoms with Crippen LogP contribution in [0.4, 0.5) is 8.78 Å². The van der Waals surface area contributed by atoms with Crippen LogP contribution in [-0.4, -0.2) is 43.0 Å². The van der Waals surface area contributed by atoms with Gasteiger partial charge in [0.25, 0.3) is 0 Å². The van der Waals surface area contributed by atoms with Gasteiger partial charge in [0.1, 0.15) is 0 Å². The van der Waals surface area contributed by atoms with E-state index < -0.39 is 11.3 Å². The maximum atomic E-state index is 12.8. The summed E-state index contributed by atoms with van der Waals surface area (Å²) in [6.45, 7) is 8.45. The zero-order chi connectivity index (χ0) is 13.6. The number of carbonyl (C=O) groups is 1. The van der Waals surface area contributed by atoms with E-state index in [1.54, 1.807) is 11.8 Å². The van der Waals surface area contributed by atoms with Gasteiger partial charge >= 0.3 is 0 Å². The van der Waals surface area contributed by atoms with Gasteiger partial charge < -0.3 is 9.64 Å². The predicted octanol–water partition coefficient (Wildman–Crippen LogP) is 2.31. The van der Waals surface area contributed by atoms with E-state index in [9.17, 15) is 13.6 Å². The summed E-state index contributed by atoms with van der Waals surface area (Å²) in [6.07, 6.45) is -0.586. The number of nitrogens with zero attached hydrogens (tertiary/aromatic N) is 1. The third-order valence-electron chi connectivity index (χ3n) is 3.97. The van der Waals surface area contributed by atoms with Crippen LogP contribution < -0.4 is 0 Å². The second kappa shape index (κ2) is 4.15. The Balaban J connectivity index is 0.000000574. The van der Waals surface area contributed by atoms with E-state index >= 15 is 0 Å². The first-order valence-electron chi connectivity index (χ1n) is 6.59. The number of ether oxygens (including phenoxy) is 1. The van der Waals surface area contributed by atoms with Gasteiger partial charge in [0, 0.05) is 25.9 Å². The van der Waals surface area contributed by atoms with Crippen LogP contribution >= 0.6 is 0 Å². The Bertz CT molecular complexity index is 337. The van der Waals surface area contributed by atoms with Crippen LogP contribution in [-0.2, 0) is 9.53 Å². The lowest BCUT2D eigenvalue weighted by Crippen LogP contribution is -2.70. The number of amides is 1. The molecule has 0 bridgehead atoms. The number of halogens is 2. The molecule has 1 aliphatic carbocycles. The largest absolute Gasteiger partial charge is 0.380 e. The highest BCUT2D eigenvalue weighted by Gasteiger charge is 2.61. The molecule has 1 saturated carbocycles. The van der Waals surface area contributed by atoms with Crippen LogP contribution in [0, 0.1) is 10.8 Å². The Morgan fingerprint density at radius 3 is 2.00 bits per heavy atom. The van der Waals surface area contributed by atoms with E-state index in [2.05, 4.69) is 0 Å². The Labute approximate surface area is 106 Å². The number of carbonyl (C=O) groups excluding carboxylic acids is 1. The zero-order valence-corrected chi connectivity index (χ0v) is 11.3. The van der Waals surface area contributed by atoms with E-state index in [1.165, 1.54) is 0 Å². The molecule has 2 aliphatic heterocycles. The maximum absolute atomic E-state index is 12.8. The molecule has 0 aromatic carbocycles. The molecule has 0 radical (unpaired) electrons. The summed E-state index contributed by atoms with van der Waals surface area (Å²) in [6, 6.07) is 0. The van der Waals surface area contributed by atoms with Crippen molar-refractivity contribution >= 4 is 5.91 Å². The normalized spacial score (nSPS) is 29.3. The molecule has 18 heavy (non-hydrogen) atoms. The third-order valence-corrected chi connectivity index (χ3v) is 3.97. The quantitative estimate of drug-likeness (QED) is 0.725. The molecule has 0 atom stereocenters. The fourth-order valence-electron chi connectivity index (χ4n) is 3.10. The van der Waals surface area contributed by atoms with E-state index in [0.717, 1.165) is 0 Å². The fourth-order valence-corrected chi connectivity index (χ4v) is 3.10. The van der Waals surface area contributed by atoms with Gasteiger partial charge in [0.15, 0.2) is 0 Å². The van der Waals surface area contributed by atoms with Gasteiger partial charge in [-0.05, 0) is 0 Å². The standard InChI is InChI=1S/C11H15F2NO2.C2H6/c1-9(2-11(12,13)3-9)8(15)14-4-10(5-14)6-16-7-10;1-2/h2-7H2,1H3;1-2H3. The first-order chi connectivity index (χ1) is 8.34. The zero-order valence-electron chi connectivity index (χ0n) is 11.3. The van der Waals surface area contributed by atoms with Crippen molar-refractivity contribution in [1.82, 2.24) is 4.90 Å². The smallest absolute Gasteiger partial charge is 0.250 e. The summed E-state index contributed by atoms with van der Waals surface area (Å²) in [5, 5.41) is 0. The molecule has 1 spiro atoms. The summed E-state index contributed by atoms with van der Waals surface area (Å²) in [4.78, 5) is 13.7. The number of hydrogen-bond donors (Lipinski definition) is 0. The molecule has 3 fully saturated rings. The van der Waals surface area contributed by atoms with E-state index in [0.29, 0.717) is 26.3 Å². The molecule has 2 saturated heterocycles. The molecule has 0 aromatic heterocycles. The molecule has 0 N–H and O–H groups in total. The average molecular weight is 261 g/mol. The summed E-state index contributed by atoms with van der Waals surface area (Å²) in [5.41, 5.74) is -0.659. The fraction of sp³-hybridized carbons (Fsp3) is 0.923. The summed E-state index contributed by atoms with van der Waals surface area (Å²) in [7, 11) is 0. The van der Waals surface area contributed by atoms with Gasteiger partial charge in [-0.3, -0.25) is 4.79 Å². The van der Waals surface area contributed by atoms with Crippen LogP contribution in [0.2, 0.25) is 0 Å². The Kier molecular flexibility index (Phi) is 3.16. The molecule has 104 valence electrons. The summed E-state index contributed by atoms with van der Waals surface area (Å²) in [5.74, 6) is -2.73. The van der Waals surface area contributed by atoms with Crippen molar-refractivity contribution in [2.75, 3.05) is 26.3 Å². The van der Waals surface area contributed by atoms with Gasteiger partial charge in [-0.25, -0.2) is 8.78 Å². The summed E-state index contributed by atoms with van der Waals surface area (Å²) < 4.78 is 30.7. The molecule has 3 rings (SSSR count). The summed E-state index contributed by atoms with van der Waals surface area (Å²) >= 11 is 0. The van der Waals surface area contributed by atoms with Gasteiger partial charge in [-0.1, -0.05) is 20.8 Å². The van der Waals surface area contributed by atoms with Crippen molar-refractivity contribution in [3.63, 3.8) is 0 Å². The van der Waals surface area contributed by atoms with Crippen LogP contribution in [0.25, 0.3) is 0 Å². The molecule has 3 nitrogen and oxygen atoms in total. The highest BCUT2D eigenvalue weighted by molar-refractivity contribution is 5.84. The number of hydrogen-bond acceptors (Lipinski definition) is 2. The monoisotopic (exact) mass is 261 g/mol. The maximum Gasteiger partial charge on any atom is 0.250 e. The lowest BCUT2D eigenvalue weighted by Gasteiger charge is -2.58. The third kappa shape index (κ3) is 2.02. The Hall–Kier alpha value is -0.710. The topological polar surface area (TPSA) is 29.5 Å². The van der Waals surface area contributed by atoms with Crippen LogP contribution in [0.3, 0.4) is 0 Å². The first-order valence-corrected chi connectivity index (χ1v) is 6.59. The molecule has 2 heterocycles. The average Bonchev–Trinajstić information content (AvgIpc) is 2.13. The number of alkyl halides is 2. The van der Waals surface area contributed by atoms with E-state index in [-0.39, 0.29) is 24.2 Å². The van der Waals surface area contributed by atoms with Crippen molar-refractivity contribution in [3.8, 4) is 0 Å². The SMILES string of the molecule is CC.CC1(C(=O)N2CC3(COC3)C2)CC(F)(F)C1. The van der Waals surface area contributed by atoms with E-state index in [4.69, 9.17) is 4.74 Å². The number of likely N-dealkylation sites (tertiary alicyclic amines) is 1. The van der Waals surface area contributed by atoms with Crippen molar-refractivity contribution in [2.45, 2.75) is 39.5 Å². The second-order valence-electron chi connectivity index (χ2n) is 5.92. The van der Waals surface area contributed by atoms with Gasteiger partial charge in [-0.2, -0.15) is 0 Å². The minimum Gasteiger partial charge on any atom is -0.380 e. The van der Waals surface area contributed by atoms with Crippen molar-refractivity contribution in [1.29, 1.82) is 0 Å². The minimum absolute atomic E-state index is 0.101. The highest BCUT2D eigenvalue weighted by Crippen LogP contribution is 2.54. The molecule has 0 aromatic rings. The van der Waals surface area contributed by atoms with Gasteiger partial charge in [-0.15, -0.1) is 0 Å². The Morgan fingerprint density at radius 2 is 1.67 bits per heavy atom. The molecule has 0 unspecified atom stereocenters. The minimum atomic E-state index is -2.63. The van der Waals surface area contributed by atoms with Crippen LogP contribution in [0.1, 0.15) is 33.6 Å². The van der Waals surface area contributed by atoms with Crippen LogP contribution in [0.15, 0.2) is 0 Å². The lowest BCUT2D eigenvalue weighted by molar-refractivity contribution is -0.217. The van der Waals surface area contributed by atoms with Gasteiger partial charge in [0.05, 0.1) is 24.0 Å². The molecule has 5 heteroatoms. The molecule has 3 aliphatic rings. The predicted molar refractivity (Wildman–Crippen MR) is 63.5 cm³/mol. The van der Waals surface area contributed by atoms with Crippen molar-refractivity contribution in [2.24, 2.45) is 10.8 Å². The first kappa shape index (κ1) is 13.7. The van der Waals surface area contributed by atoms with E-state index in [1.807, 2.05) is 13.8 Å². The second-order valence-corrected chi connectivity index (χ2v) is 5.92. The lowest BCUT2D eigenvalue weighted by atomic mass is 9.65. The molecule has 1 amide bonds. The highest BCUT2D eigenvalue weighted by atomic mass is 19.3. The Morgan fingerprint density at radius 1 is 1.17 bits per heavy atom. The van der Waals surface area contributed by atoms with Crippen LogP contribution in [0.5, 0.6) is 0 Å². The molecular formula is C13H21F2NO2. The van der Waals surface area contributed by atoms with Crippen molar-refractivity contribution < 1.29 is 18.3 Å². The number of rotatable bonds is 1. The van der Waals surface area contributed by atoms with Gasteiger partial charge in [0.2, 0.25) is 11.8 Å². The van der Waals surface area contributed by atoms with Crippen molar-refractivity contribution in [3.05, 3.63) is 0 Å².